The Kier molecular flexibility index (Phi) is 3.83. The first kappa shape index (κ1) is 16.5. The number of halogens is 3. The van der Waals surface area contributed by atoms with Crippen LogP contribution in [-0.2, 0) is 6.18 Å². The van der Waals surface area contributed by atoms with Gasteiger partial charge in [0.15, 0.2) is 5.65 Å². The Labute approximate surface area is 148 Å². The van der Waals surface area contributed by atoms with E-state index in [-0.39, 0.29) is 11.5 Å². The van der Waals surface area contributed by atoms with E-state index in [9.17, 15) is 13.2 Å². The molecule has 0 amide bonds. The fourth-order valence-corrected chi connectivity index (χ4v) is 3.08. The predicted octanol–water partition coefficient (Wildman–Crippen LogP) is 4.37. The maximum absolute atomic E-state index is 12.9. The number of hydrogen-bond donors (Lipinski definition) is 0. The molecule has 4 rings (SSSR count). The summed E-state index contributed by atoms with van der Waals surface area (Å²) in [6.07, 6.45) is -4.65. The molecule has 1 aromatic carbocycles. The van der Waals surface area contributed by atoms with E-state index in [1.54, 1.807) is 12.1 Å². The molecule has 3 heterocycles. The molecule has 0 unspecified atom stereocenters. The Morgan fingerprint density at radius 3 is 2.46 bits per heavy atom. The Hall–Kier alpha value is -3.01. The Morgan fingerprint density at radius 2 is 1.81 bits per heavy atom. The third kappa shape index (κ3) is 3.10. The van der Waals surface area contributed by atoms with Gasteiger partial charge in [-0.2, -0.15) is 17.7 Å². The fraction of sp³-hybridized carbons (Fsp3) is 0.125. The third-order valence-electron chi connectivity index (χ3n) is 3.43. The lowest BCUT2D eigenvalue weighted by Gasteiger charge is -2.07. The molecular weight excluding hydrogens is 367 g/mol. The largest absolute Gasteiger partial charge is 0.453 e. The zero-order chi connectivity index (χ0) is 18.3. The van der Waals surface area contributed by atoms with E-state index in [2.05, 4.69) is 20.3 Å². The number of hydrogen-bond acceptors (Lipinski definition) is 6. The van der Waals surface area contributed by atoms with E-state index in [1.807, 2.05) is 24.4 Å². The zero-order valence-electron chi connectivity index (χ0n) is 13.2. The van der Waals surface area contributed by atoms with Gasteiger partial charge < -0.3 is 4.74 Å². The number of fused-ring (bicyclic) bond motifs is 1. The number of nitrogens with zero attached hydrogens (tertiary/aromatic N) is 5. The second-order valence-electron chi connectivity index (χ2n) is 5.38. The molecule has 0 N–H and O–H groups in total. The molecule has 132 valence electrons. The van der Waals surface area contributed by atoms with E-state index >= 15 is 0 Å². The summed E-state index contributed by atoms with van der Waals surface area (Å²) in [5, 5.41) is 13.2. The highest BCUT2D eigenvalue weighted by Crippen LogP contribution is 2.29. The normalized spacial score (nSPS) is 11.8. The quantitative estimate of drug-likeness (QED) is 0.531. The number of alkyl halides is 3. The molecule has 0 saturated carbocycles. The smallest absolute Gasteiger partial charge is 0.438 e. The van der Waals surface area contributed by atoms with E-state index in [0.29, 0.717) is 10.3 Å². The van der Waals surface area contributed by atoms with Gasteiger partial charge in [-0.1, -0.05) is 0 Å². The first-order valence-corrected chi connectivity index (χ1v) is 8.28. The van der Waals surface area contributed by atoms with Crippen molar-refractivity contribution in [3.63, 3.8) is 0 Å². The molecule has 0 saturated heterocycles. The van der Waals surface area contributed by atoms with Crippen molar-refractivity contribution in [2.24, 2.45) is 0 Å². The van der Waals surface area contributed by atoms with Crippen molar-refractivity contribution in [3.05, 3.63) is 53.3 Å². The second kappa shape index (κ2) is 6.06. The average Bonchev–Trinajstić information content (AvgIpc) is 3.21. The van der Waals surface area contributed by atoms with Gasteiger partial charge in [-0.15, -0.1) is 26.6 Å². The van der Waals surface area contributed by atoms with Crippen LogP contribution in [0.5, 0.6) is 11.6 Å². The monoisotopic (exact) mass is 377 g/mol. The molecule has 0 bridgehead atoms. The lowest BCUT2D eigenvalue weighted by molar-refractivity contribution is -0.146. The maximum atomic E-state index is 12.9. The van der Waals surface area contributed by atoms with Crippen molar-refractivity contribution >= 4 is 17.0 Å². The number of aromatic nitrogens is 5. The average molecular weight is 377 g/mol. The standard InChI is InChI=1S/C16H10F3N5OS/c1-9-8-26-14(20-9)10-2-4-11(5-3-10)25-13-7-6-12-21-22-15(16(17,18)19)24(12)23-13/h2-8H,1H3. The van der Waals surface area contributed by atoms with Crippen LogP contribution in [0.4, 0.5) is 13.2 Å². The van der Waals surface area contributed by atoms with Crippen molar-refractivity contribution in [3.8, 4) is 22.2 Å². The van der Waals surface area contributed by atoms with Crippen molar-refractivity contribution < 1.29 is 17.9 Å². The Bertz CT molecular complexity index is 1070. The summed E-state index contributed by atoms with van der Waals surface area (Å²) in [7, 11) is 0. The van der Waals surface area contributed by atoms with Crippen LogP contribution in [0.1, 0.15) is 11.5 Å². The number of rotatable bonds is 3. The van der Waals surface area contributed by atoms with Crippen molar-refractivity contribution in [2.75, 3.05) is 0 Å². The Morgan fingerprint density at radius 1 is 1.04 bits per heavy atom. The van der Waals surface area contributed by atoms with Gasteiger partial charge in [0.05, 0.1) is 0 Å². The Balaban J connectivity index is 1.61. The molecule has 6 nitrogen and oxygen atoms in total. The highest BCUT2D eigenvalue weighted by Gasteiger charge is 2.37. The third-order valence-corrected chi connectivity index (χ3v) is 4.44. The summed E-state index contributed by atoms with van der Waals surface area (Å²) in [5.41, 5.74) is 1.86. The molecular formula is C16H10F3N5OS. The zero-order valence-corrected chi connectivity index (χ0v) is 14.0. The molecule has 0 radical (unpaired) electrons. The molecule has 26 heavy (non-hydrogen) atoms. The SMILES string of the molecule is Cc1csc(-c2ccc(Oc3ccc4nnc(C(F)(F)F)n4n3)cc2)n1. The minimum Gasteiger partial charge on any atom is -0.438 e. The predicted molar refractivity (Wildman–Crippen MR) is 88.1 cm³/mol. The first-order chi connectivity index (χ1) is 12.4. The second-order valence-corrected chi connectivity index (χ2v) is 6.24. The summed E-state index contributed by atoms with van der Waals surface area (Å²) >= 11 is 1.53. The molecule has 0 aliphatic heterocycles. The van der Waals surface area contributed by atoms with E-state index < -0.39 is 12.0 Å². The van der Waals surface area contributed by atoms with Crippen LogP contribution < -0.4 is 4.74 Å². The lowest BCUT2D eigenvalue weighted by Crippen LogP contribution is -2.12. The number of ether oxygens (including phenoxy) is 1. The van der Waals surface area contributed by atoms with Gasteiger partial charge >= 0.3 is 6.18 Å². The topological polar surface area (TPSA) is 65.2 Å². The highest BCUT2D eigenvalue weighted by atomic mass is 32.1. The molecule has 0 atom stereocenters. The summed E-state index contributed by atoms with van der Waals surface area (Å²) in [5.74, 6) is -0.761. The van der Waals surface area contributed by atoms with Crippen LogP contribution >= 0.6 is 11.3 Å². The number of benzene rings is 1. The number of aryl methyl sites for hydroxylation is 1. The summed E-state index contributed by atoms with van der Waals surface area (Å²) in [4.78, 5) is 4.40. The molecule has 3 aromatic heterocycles. The van der Waals surface area contributed by atoms with E-state index in [1.165, 1.54) is 23.5 Å². The molecule has 0 fully saturated rings. The molecule has 4 aromatic rings. The van der Waals surface area contributed by atoms with Gasteiger partial charge in [0.2, 0.25) is 5.88 Å². The number of thiazole rings is 1. The fourth-order valence-electron chi connectivity index (χ4n) is 2.28. The first-order valence-electron chi connectivity index (χ1n) is 7.40. The van der Waals surface area contributed by atoms with Gasteiger partial charge in [0.1, 0.15) is 10.8 Å². The lowest BCUT2D eigenvalue weighted by atomic mass is 10.2. The molecule has 0 aliphatic rings. The van der Waals surface area contributed by atoms with Crippen LogP contribution in [-0.4, -0.2) is 24.8 Å². The van der Waals surface area contributed by atoms with E-state index in [4.69, 9.17) is 4.74 Å². The van der Waals surface area contributed by atoms with Gasteiger partial charge in [0.25, 0.3) is 5.82 Å². The van der Waals surface area contributed by atoms with Gasteiger partial charge in [-0.05, 0) is 37.3 Å². The van der Waals surface area contributed by atoms with Gasteiger partial charge in [-0.3, -0.25) is 0 Å². The van der Waals surface area contributed by atoms with Gasteiger partial charge in [0, 0.05) is 22.7 Å². The van der Waals surface area contributed by atoms with Crippen LogP contribution in [0.15, 0.2) is 41.8 Å². The van der Waals surface area contributed by atoms with Crippen LogP contribution in [0, 0.1) is 6.92 Å². The highest BCUT2D eigenvalue weighted by molar-refractivity contribution is 7.13. The summed E-state index contributed by atoms with van der Waals surface area (Å²) in [6, 6.07) is 9.85. The summed E-state index contributed by atoms with van der Waals surface area (Å²) < 4.78 is 44.9. The summed E-state index contributed by atoms with van der Waals surface area (Å²) in [6.45, 7) is 1.92. The van der Waals surface area contributed by atoms with Crippen molar-refractivity contribution in [1.29, 1.82) is 0 Å². The molecule has 10 heteroatoms. The minimum atomic E-state index is -4.65. The maximum Gasteiger partial charge on any atom is 0.453 e. The molecule has 0 spiro atoms. The minimum absolute atomic E-state index is 0.000595. The van der Waals surface area contributed by atoms with Gasteiger partial charge in [-0.25, -0.2) is 4.98 Å². The van der Waals surface area contributed by atoms with Crippen molar-refractivity contribution in [1.82, 2.24) is 24.8 Å². The van der Waals surface area contributed by atoms with Crippen LogP contribution in [0.2, 0.25) is 0 Å². The van der Waals surface area contributed by atoms with Crippen LogP contribution in [0.25, 0.3) is 16.2 Å². The van der Waals surface area contributed by atoms with E-state index in [0.717, 1.165) is 16.3 Å². The van der Waals surface area contributed by atoms with Crippen LogP contribution in [0.3, 0.4) is 0 Å². The van der Waals surface area contributed by atoms with Crippen molar-refractivity contribution in [2.45, 2.75) is 13.1 Å². The molecule has 0 aliphatic carbocycles.